The number of aliphatic carboxylic acids is 1. The van der Waals surface area contributed by atoms with Crippen molar-refractivity contribution >= 4 is 16.0 Å². The van der Waals surface area contributed by atoms with Crippen LogP contribution in [0.15, 0.2) is 30.3 Å². The molecule has 0 radical (unpaired) electrons. The van der Waals surface area contributed by atoms with E-state index in [0.29, 0.717) is 12.8 Å². The third-order valence-corrected chi connectivity index (χ3v) is 4.64. The third-order valence-electron chi connectivity index (χ3n) is 3.29. The zero-order chi connectivity index (χ0) is 15.2. The predicted octanol–water partition coefficient (Wildman–Crippen LogP) is 1.65. The average molecular weight is 299 g/mol. The third kappa shape index (κ3) is 5.30. The van der Waals surface area contributed by atoms with Gasteiger partial charge in [-0.1, -0.05) is 50.6 Å². The van der Waals surface area contributed by atoms with Crippen LogP contribution < -0.4 is 4.72 Å². The summed E-state index contributed by atoms with van der Waals surface area (Å²) in [4.78, 5) is 11.1. The first-order valence-corrected chi connectivity index (χ1v) is 8.27. The monoisotopic (exact) mass is 299 g/mol. The van der Waals surface area contributed by atoms with E-state index in [1.54, 1.807) is 6.92 Å². The molecule has 0 aliphatic carbocycles. The molecule has 1 rings (SSSR count). The standard InChI is InChI=1S/C14H21NO4S/c1-3-11(2)13(14(16)17)15-20(18,19)10-9-12-7-5-4-6-8-12/h4-8,11,13,15H,3,9-10H2,1-2H3,(H,16,17)/t11-,13-/m0/s1. The van der Waals surface area contributed by atoms with Crippen LogP contribution in [0.3, 0.4) is 0 Å². The van der Waals surface area contributed by atoms with Crippen molar-refractivity contribution in [1.82, 2.24) is 4.72 Å². The minimum Gasteiger partial charge on any atom is -0.480 e. The molecule has 0 aliphatic heterocycles. The van der Waals surface area contributed by atoms with Crippen molar-refractivity contribution in [1.29, 1.82) is 0 Å². The Balaban J connectivity index is 2.66. The summed E-state index contributed by atoms with van der Waals surface area (Å²) in [7, 11) is -3.61. The molecule has 0 heterocycles. The Morgan fingerprint density at radius 2 is 1.90 bits per heavy atom. The molecule has 5 nitrogen and oxygen atoms in total. The minimum atomic E-state index is -3.61. The van der Waals surface area contributed by atoms with Crippen molar-refractivity contribution < 1.29 is 18.3 Å². The number of carbonyl (C=O) groups is 1. The number of hydrogen-bond acceptors (Lipinski definition) is 3. The van der Waals surface area contributed by atoms with Gasteiger partial charge in [-0.05, 0) is 17.9 Å². The van der Waals surface area contributed by atoms with Crippen molar-refractivity contribution in [3.05, 3.63) is 35.9 Å². The molecule has 6 heteroatoms. The van der Waals surface area contributed by atoms with Gasteiger partial charge in [0.25, 0.3) is 0 Å². The molecule has 0 bridgehead atoms. The molecule has 1 aromatic carbocycles. The highest BCUT2D eigenvalue weighted by Gasteiger charge is 2.28. The Morgan fingerprint density at radius 1 is 1.30 bits per heavy atom. The topological polar surface area (TPSA) is 83.5 Å². The van der Waals surface area contributed by atoms with E-state index in [1.807, 2.05) is 37.3 Å². The number of nitrogens with one attached hydrogen (secondary N) is 1. The fourth-order valence-electron chi connectivity index (χ4n) is 1.79. The molecular weight excluding hydrogens is 278 g/mol. The Bertz CT molecular complexity index is 527. The molecule has 2 N–H and O–H groups in total. The lowest BCUT2D eigenvalue weighted by Crippen LogP contribution is -2.45. The zero-order valence-electron chi connectivity index (χ0n) is 11.7. The largest absolute Gasteiger partial charge is 0.480 e. The maximum Gasteiger partial charge on any atom is 0.322 e. The van der Waals surface area contributed by atoms with Crippen molar-refractivity contribution in [2.45, 2.75) is 32.7 Å². The lowest BCUT2D eigenvalue weighted by Gasteiger charge is -2.20. The van der Waals surface area contributed by atoms with E-state index >= 15 is 0 Å². The summed E-state index contributed by atoms with van der Waals surface area (Å²) < 4.78 is 26.2. The number of aryl methyl sites for hydroxylation is 1. The molecule has 0 amide bonds. The lowest BCUT2D eigenvalue weighted by molar-refractivity contribution is -0.140. The van der Waals surface area contributed by atoms with Crippen LogP contribution >= 0.6 is 0 Å². The number of rotatable bonds is 8. The van der Waals surface area contributed by atoms with Crippen LogP contribution in [0.4, 0.5) is 0 Å². The normalized spacial score (nSPS) is 14.7. The summed E-state index contributed by atoms with van der Waals surface area (Å²) in [6.45, 7) is 3.55. The van der Waals surface area contributed by atoms with Gasteiger partial charge in [0.2, 0.25) is 10.0 Å². The Morgan fingerprint density at radius 3 is 2.40 bits per heavy atom. The first kappa shape index (κ1) is 16.7. The van der Waals surface area contributed by atoms with Crippen LogP contribution in [-0.4, -0.2) is 31.3 Å². The summed E-state index contributed by atoms with van der Waals surface area (Å²) in [6.07, 6.45) is 0.960. The number of hydrogen-bond donors (Lipinski definition) is 2. The molecular formula is C14H21NO4S. The van der Waals surface area contributed by atoms with Crippen molar-refractivity contribution in [2.75, 3.05) is 5.75 Å². The van der Waals surface area contributed by atoms with E-state index in [-0.39, 0.29) is 11.7 Å². The smallest absolute Gasteiger partial charge is 0.322 e. The van der Waals surface area contributed by atoms with Gasteiger partial charge in [-0.15, -0.1) is 0 Å². The summed E-state index contributed by atoms with van der Waals surface area (Å²) in [5, 5.41) is 9.10. The highest BCUT2D eigenvalue weighted by molar-refractivity contribution is 7.89. The zero-order valence-corrected chi connectivity index (χ0v) is 12.6. The molecule has 112 valence electrons. The van der Waals surface area contributed by atoms with Crippen LogP contribution in [-0.2, 0) is 21.2 Å². The second-order valence-corrected chi connectivity index (χ2v) is 6.75. The van der Waals surface area contributed by atoms with Crippen LogP contribution in [0, 0.1) is 5.92 Å². The fraction of sp³-hybridized carbons (Fsp3) is 0.500. The van der Waals surface area contributed by atoms with Crippen LogP contribution in [0.1, 0.15) is 25.8 Å². The fourth-order valence-corrected chi connectivity index (χ4v) is 3.14. The summed E-state index contributed by atoms with van der Waals surface area (Å²) in [5.74, 6) is -1.50. The molecule has 0 aliphatic rings. The van der Waals surface area contributed by atoms with Crippen molar-refractivity contribution in [3.63, 3.8) is 0 Å². The van der Waals surface area contributed by atoms with E-state index in [4.69, 9.17) is 5.11 Å². The van der Waals surface area contributed by atoms with Gasteiger partial charge < -0.3 is 5.11 Å². The van der Waals surface area contributed by atoms with Gasteiger partial charge in [-0.25, -0.2) is 13.1 Å². The van der Waals surface area contributed by atoms with E-state index in [0.717, 1.165) is 5.56 Å². The van der Waals surface area contributed by atoms with Crippen LogP contribution in [0.25, 0.3) is 0 Å². The van der Waals surface area contributed by atoms with Gasteiger partial charge in [0.1, 0.15) is 6.04 Å². The van der Waals surface area contributed by atoms with Gasteiger partial charge >= 0.3 is 5.97 Å². The molecule has 0 unspecified atom stereocenters. The van der Waals surface area contributed by atoms with Crippen LogP contribution in [0.5, 0.6) is 0 Å². The van der Waals surface area contributed by atoms with Gasteiger partial charge in [-0.2, -0.15) is 0 Å². The van der Waals surface area contributed by atoms with Gasteiger partial charge in [0, 0.05) is 0 Å². The van der Waals surface area contributed by atoms with E-state index in [1.165, 1.54) is 0 Å². The number of carboxylic acids is 1. The van der Waals surface area contributed by atoms with Gasteiger partial charge in [0.15, 0.2) is 0 Å². The molecule has 20 heavy (non-hydrogen) atoms. The summed E-state index contributed by atoms with van der Waals surface area (Å²) in [6, 6.07) is 8.17. The number of carboxylic acid groups (broad SMARTS) is 1. The minimum absolute atomic E-state index is 0.114. The Kier molecular flexibility index (Phi) is 6.16. The Labute approximate surface area is 120 Å². The molecule has 1 aromatic rings. The maximum atomic E-state index is 12.0. The molecule has 0 aromatic heterocycles. The first-order chi connectivity index (χ1) is 9.35. The Hall–Kier alpha value is -1.40. The molecule has 0 saturated heterocycles. The number of benzene rings is 1. The maximum absolute atomic E-state index is 12.0. The van der Waals surface area contributed by atoms with Crippen molar-refractivity contribution in [3.8, 4) is 0 Å². The second-order valence-electron chi connectivity index (χ2n) is 4.87. The quantitative estimate of drug-likeness (QED) is 0.764. The predicted molar refractivity (Wildman–Crippen MR) is 77.9 cm³/mol. The lowest BCUT2D eigenvalue weighted by atomic mass is 10.0. The van der Waals surface area contributed by atoms with Gasteiger partial charge in [0.05, 0.1) is 5.75 Å². The molecule has 0 saturated carbocycles. The highest BCUT2D eigenvalue weighted by Crippen LogP contribution is 2.10. The summed E-state index contributed by atoms with van der Waals surface area (Å²) >= 11 is 0. The van der Waals surface area contributed by atoms with Crippen molar-refractivity contribution in [2.24, 2.45) is 5.92 Å². The molecule has 2 atom stereocenters. The van der Waals surface area contributed by atoms with Gasteiger partial charge in [-0.3, -0.25) is 4.79 Å². The SMILES string of the molecule is CC[C@H](C)[C@H](NS(=O)(=O)CCc1ccccc1)C(=O)O. The average Bonchev–Trinajstić information content (AvgIpc) is 2.43. The summed E-state index contributed by atoms with van der Waals surface area (Å²) in [5.41, 5.74) is 0.910. The van der Waals surface area contributed by atoms with E-state index in [2.05, 4.69) is 4.72 Å². The molecule has 0 spiro atoms. The first-order valence-electron chi connectivity index (χ1n) is 6.62. The van der Waals surface area contributed by atoms with E-state index < -0.39 is 22.0 Å². The number of sulfonamides is 1. The van der Waals surface area contributed by atoms with E-state index in [9.17, 15) is 13.2 Å². The molecule has 0 fully saturated rings. The second kappa shape index (κ2) is 7.40. The van der Waals surface area contributed by atoms with Crippen LogP contribution in [0.2, 0.25) is 0 Å². The highest BCUT2D eigenvalue weighted by atomic mass is 32.2.